The standard InChI is InChI=1S/C20H15FN4O2/c21-15-7-5-13(6-8-15)16-11-17(25-24-16)20(26)23-12-14-3-1-9-22-19(14)18-4-2-10-27-18/h1-11H,12H2,(H,23,26)(H,24,25). The lowest BCUT2D eigenvalue weighted by atomic mass is 10.1. The molecule has 0 spiro atoms. The lowest BCUT2D eigenvalue weighted by molar-refractivity contribution is 0.0946. The number of aromatic nitrogens is 3. The van der Waals surface area contributed by atoms with Gasteiger partial charge in [-0.1, -0.05) is 6.07 Å². The number of halogens is 1. The fourth-order valence-corrected chi connectivity index (χ4v) is 2.69. The number of aromatic amines is 1. The number of H-pyrrole nitrogens is 1. The minimum Gasteiger partial charge on any atom is -0.463 e. The van der Waals surface area contributed by atoms with Crippen LogP contribution in [-0.2, 0) is 6.54 Å². The molecule has 1 aromatic carbocycles. The Balaban J connectivity index is 1.47. The van der Waals surface area contributed by atoms with Gasteiger partial charge in [-0.3, -0.25) is 14.9 Å². The Kier molecular flexibility index (Phi) is 4.49. The van der Waals surface area contributed by atoms with Crippen molar-refractivity contribution in [1.82, 2.24) is 20.5 Å². The molecule has 6 nitrogen and oxygen atoms in total. The number of rotatable bonds is 5. The maximum absolute atomic E-state index is 13.0. The van der Waals surface area contributed by atoms with Crippen molar-refractivity contribution in [3.05, 3.63) is 84.1 Å². The van der Waals surface area contributed by atoms with Gasteiger partial charge >= 0.3 is 0 Å². The van der Waals surface area contributed by atoms with Crippen molar-refractivity contribution in [3.8, 4) is 22.7 Å². The summed E-state index contributed by atoms with van der Waals surface area (Å²) in [6, 6.07) is 14.8. The highest BCUT2D eigenvalue weighted by molar-refractivity contribution is 5.93. The highest BCUT2D eigenvalue weighted by atomic mass is 19.1. The normalized spacial score (nSPS) is 10.7. The number of nitrogens with one attached hydrogen (secondary N) is 2. The number of furan rings is 1. The van der Waals surface area contributed by atoms with Gasteiger partial charge in [0.05, 0.1) is 12.0 Å². The third-order valence-electron chi connectivity index (χ3n) is 4.05. The van der Waals surface area contributed by atoms with E-state index < -0.39 is 0 Å². The number of pyridine rings is 1. The Labute approximate surface area is 154 Å². The minimum absolute atomic E-state index is 0.285. The monoisotopic (exact) mass is 362 g/mol. The van der Waals surface area contributed by atoms with E-state index in [1.54, 1.807) is 42.8 Å². The topological polar surface area (TPSA) is 83.8 Å². The third kappa shape index (κ3) is 3.62. The van der Waals surface area contributed by atoms with Crippen molar-refractivity contribution in [3.63, 3.8) is 0 Å². The summed E-state index contributed by atoms with van der Waals surface area (Å²) in [5, 5.41) is 9.66. The summed E-state index contributed by atoms with van der Waals surface area (Å²) < 4.78 is 18.4. The largest absolute Gasteiger partial charge is 0.463 e. The molecular formula is C20H15FN4O2. The summed E-state index contributed by atoms with van der Waals surface area (Å²) in [4.78, 5) is 16.8. The molecule has 0 unspecified atom stereocenters. The van der Waals surface area contributed by atoms with Crippen molar-refractivity contribution < 1.29 is 13.6 Å². The fraction of sp³-hybridized carbons (Fsp3) is 0.0500. The van der Waals surface area contributed by atoms with Crippen molar-refractivity contribution in [2.45, 2.75) is 6.54 Å². The van der Waals surface area contributed by atoms with Crippen LogP contribution in [0, 0.1) is 5.82 Å². The van der Waals surface area contributed by atoms with Crippen LogP contribution in [0.5, 0.6) is 0 Å². The molecule has 27 heavy (non-hydrogen) atoms. The summed E-state index contributed by atoms with van der Waals surface area (Å²) in [6.45, 7) is 0.285. The molecule has 3 heterocycles. The molecule has 4 rings (SSSR count). The van der Waals surface area contributed by atoms with Crippen LogP contribution in [-0.4, -0.2) is 21.1 Å². The van der Waals surface area contributed by atoms with Gasteiger partial charge in [-0.25, -0.2) is 4.39 Å². The molecule has 7 heteroatoms. The first-order valence-corrected chi connectivity index (χ1v) is 8.28. The molecule has 0 fully saturated rings. The molecule has 0 atom stereocenters. The maximum Gasteiger partial charge on any atom is 0.269 e. The van der Waals surface area contributed by atoms with Gasteiger partial charge in [0.15, 0.2) is 5.76 Å². The van der Waals surface area contributed by atoms with E-state index in [4.69, 9.17) is 4.42 Å². The Morgan fingerprint density at radius 3 is 2.78 bits per heavy atom. The van der Waals surface area contributed by atoms with Gasteiger partial charge < -0.3 is 9.73 Å². The number of carbonyl (C=O) groups excluding carboxylic acids is 1. The minimum atomic E-state index is -0.323. The summed E-state index contributed by atoms with van der Waals surface area (Å²) in [5.41, 5.74) is 3.12. The van der Waals surface area contributed by atoms with E-state index in [9.17, 15) is 9.18 Å². The SMILES string of the molecule is O=C(NCc1cccnc1-c1ccco1)c1cc(-c2ccc(F)cc2)n[nH]1. The van der Waals surface area contributed by atoms with Crippen molar-refractivity contribution in [2.75, 3.05) is 0 Å². The molecule has 0 aliphatic carbocycles. The van der Waals surface area contributed by atoms with Crippen molar-refractivity contribution >= 4 is 5.91 Å². The number of hydrogen-bond acceptors (Lipinski definition) is 4. The summed E-state index contributed by atoms with van der Waals surface area (Å²) in [6.07, 6.45) is 3.25. The molecule has 3 aromatic heterocycles. The number of carbonyl (C=O) groups is 1. The van der Waals surface area contributed by atoms with Gasteiger partial charge in [0.1, 0.15) is 17.2 Å². The van der Waals surface area contributed by atoms with Crippen molar-refractivity contribution in [1.29, 1.82) is 0 Å². The van der Waals surface area contributed by atoms with Crippen LogP contribution in [0.25, 0.3) is 22.7 Å². The predicted octanol–water partition coefficient (Wildman–Crippen LogP) is 3.80. The first-order valence-electron chi connectivity index (χ1n) is 8.28. The van der Waals surface area contributed by atoms with E-state index in [1.165, 1.54) is 12.1 Å². The van der Waals surface area contributed by atoms with Crippen LogP contribution in [0.1, 0.15) is 16.1 Å². The second-order valence-corrected chi connectivity index (χ2v) is 5.84. The first kappa shape index (κ1) is 16.7. The predicted molar refractivity (Wildman–Crippen MR) is 97.1 cm³/mol. The van der Waals surface area contributed by atoms with E-state index in [0.717, 1.165) is 11.1 Å². The van der Waals surface area contributed by atoms with Crippen LogP contribution in [0.15, 0.2) is 71.5 Å². The molecule has 1 amide bonds. The van der Waals surface area contributed by atoms with Crippen LogP contribution >= 0.6 is 0 Å². The first-order chi connectivity index (χ1) is 13.2. The maximum atomic E-state index is 13.0. The quantitative estimate of drug-likeness (QED) is 0.566. The Hall–Kier alpha value is -3.74. The summed E-state index contributed by atoms with van der Waals surface area (Å²) in [5.74, 6) is 0.0150. The Bertz CT molecular complexity index is 1060. The number of amides is 1. The summed E-state index contributed by atoms with van der Waals surface area (Å²) in [7, 11) is 0. The number of benzene rings is 1. The number of hydrogen-bond donors (Lipinski definition) is 2. The second-order valence-electron chi connectivity index (χ2n) is 5.84. The van der Waals surface area contributed by atoms with Gasteiger partial charge in [0, 0.05) is 23.9 Å². The average Bonchev–Trinajstić information content (AvgIpc) is 3.39. The molecule has 0 saturated carbocycles. The van der Waals surface area contributed by atoms with E-state index in [1.807, 2.05) is 12.1 Å². The Morgan fingerprint density at radius 1 is 1.15 bits per heavy atom. The highest BCUT2D eigenvalue weighted by Crippen LogP contribution is 2.22. The summed E-state index contributed by atoms with van der Waals surface area (Å²) >= 11 is 0. The van der Waals surface area contributed by atoms with E-state index in [-0.39, 0.29) is 18.3 Å². The van der Waals surface area contributed by atoms with Crippen LogP contribution in [0.3, 0.4) is 0 Å². The zero-order valence-electron chi connectivity index (χ0n) is 14.1. The zero-order chi connectivity index (χ0) is 18.6. The van der Waals surface area contributed by atoms with Gasteiger partial charge in [-0.05, 0) is 48.5 Å². The molecule has 134 valence electrons. The smallest absolute Gasteiger partial charge is 0.269 e. The third-order valence-corrected chi connectivity index (χ3v) is 4.05. The highest BCUT2D eigenvalue weighted by Gasteiger charge is 2.13. The molecular weight excluding hydrogens is 347 g/mol. The van der Waals surface area contributed by atoms with E-state index in [2.05, 4.69) is 20.5 Å². The van der Waals surface area contributed by atoms with E-state index in [0.29, 0.717) is 22.8 Å². The molecule has 0 saturated heterocycles. The average molecular weight is 362 g/mol. The van der Waals surface area contributed by atoms with Crippen LogP contribution < -0.4 is 5.32 Å². The molecule has 0 radical (unpaired) electrons. The molecule has 4 aromatic rings. The van der Waals surface area contributed by atoms with Gasteiger partial charge in [0.25, 0.3) is 5.91 Å². The van der Waals surface area contributed by atoms with Gasteiger partial charge in [-0.2, -0.15) is 5.10 Å². The fourth-order valence-electron chi connectivity index (χ4n) is 2.69. The van der Waals surface area contributed by atoms with E-state index >= 15 is 0 Å². The lowest BCUT2D eigenvalue weighted by Crippen LogP contribution is -2.23. The van der Waals surface area contributed by atoms with Crippen LogP contribution in [0.4, 0.5) is 4.39 Å². The molecule has 0 aliphatic heterocycles. The Morgan fingerprint density at radius 2 is 2.00 bits per heavy atom. The molecule has 0 aliphatic rings. The van der Waals surface area contributed by atoms with Gasteiger partial charge in [-0.15, -0.1) is 0 Å². The molecule has 2 N–H and O–H groups in total. The molecule has 0 bridgehead atoms. The zero-order valence-corrected chi connectivity index (χ0v) is 14.1. The second kappa shape index (κ2) is 7.25. The number of nitrogens with zero attached hydrogens (tertiary/aromatic N) is 2. The van der Waals surface area contributed by atoms with Crippen LogP contribution in [0.2, 0.25) is 0 Å². The lowest BCUT2D eigenvalue weighted by Gasteiger charge is -2.07. The van der Waals surface area contributed by atoms with Crippen molar-refractivity contribution in [2.24, 2.45) is 0 Å². The van der Waals surface area contributed by atoms with Gasteiger partial charge in [0.2, 0.25) is 0 Å².